The molecule has 2 atom stereocenters. The Kier molecular flexibility index (Phi) is 7.28. The summed E-state index contributed by atoms with van der Waals surface area (Å²) in [7, 11) is 0. The van der Waals surface area contributed by atoms with Crippen molar-refractivity contribution in [2.24, 2.45) is 17.6 Å². The quantitative estimate of drug-likeness (QED) is 0.660. The topological polar surface area (TPSA) is 101 Å². The van der Waals surface area contributed by atoms with Gasteiger partial charge in [0.05, 0.1) is 10.9 Å². The van der Waals surface area contributed by atoms with E-state index in [1.54, 1.807) is 11.3 Å². The molecule has 0 radical (unpaired) electrons. The van der Waals surface area contributed by atoms with Gasteiger partial charge in [-0.05, 0) is 43.6 Å². The maximum absolute atomic E-state index is 12.6. The van der Waals surface area contributed by atoms with E-state index in [1.165, 1.54) is 10.4 Å². The van der Waals surface area contributed by atoms with Crippen molar-refractivity contribution < 1.29 is 4.79 Å². The first-order valence-corrected chi connectivity index (χ1v) is 10.6. The van der Waals surface area contributed by atoms with E-state index in [9.17, 15) is 9.59 Å². The molecular weight excluding hydrogens is 396 g/mol. The van der Waals surface area contributed by atoms with Crippen LogP contribution in [0.25, 0.3) is 10.2 Å². The minimum atomic E-state index is -0.425. The van der Waals surface area contributed by atoms with Crippen molar-refractivity contribution >= 4 is 39.9 Å². The highest BCUT2D eigenvalue weighted by Crippen LogP contribution is 2.35. The summed E-state index contributed by atoms with van der Waals surface area (Å²) in [4.78, 5) is 34.6. The molecule has 3 rings (SSSR count). The van der Waals surface area contributed by atoms with E-state index in [0.29, 0.717) is 24.7 Å². The Morgan fingerprint density at radius 2 is 2.18 bits per heavy atom. The van der Waals surface area contributed by atoms with Crippen LogP contribution in [0.15, 0.2) is 4.79 Å². The predicted molar refractivity (Wildman–Crippen MR) is 117 cm³/mol. The fraction of sp³-hybridized carbons (Fsp3) is 0.650. The number of aryl methyl sites for hydroxylation is 2. The molecule has 156 valence electrons. The normalized spacial score (nSPS) is 18.4. The van der Waals surface area contributed by atoms with E-state index in [1.807, 2.05) is 20.8 Å². The maximum Gasteiger partial charge on any atom is 0.259 e. The number of nitrogens with zero attached hydrogens (tertiary/aromatic N) is 1. The molecule has 8 heteroatoms. The van der Waals surface area contributed by atoms with Gasteiger partial charge in [0.15, 0.2) is 0 Å². The van der Waals surface area contributed by atoms with E-state index in [4.69, 9.17) is 5.73 Å². The SMILES string of the molecule is CC1CCc2c(sc3nc(CCC(=O)NC(C)(CN)C(C)C)[nH]c(=O)c23)C1.Cl. The van der Waals surface area contributed by atoms with Gasteiger partial charge < -0.3 is 16.0 Å². The monoisotopic (exact) mass is 426 g/mol. The van der Waals surface area contributed by atoms with Gasteiger partial charge >= 0.3 is 0 Å². The molecule has 1 aliphatic carbocycles. The minimum Gasteiger partial charge on any atom is -0.349 e. The molecule has 6 nitrogen and oxygen atoms in total. The summed E-state index contributed by atoms with van der Waals surface area (Å²) >= 11 is 1.64. The molecule has 28 heavy (non-hydrogen) atoms. The van der Waals surface area contributed by atoms with E-state index >= 15 is 0 Å². The second kappa shape index (κ2) is 8.93. The third-order valence-corrected chi connectivity index (χ3v) is 7.07. The average Bonchev–Trinajstić information content (AvgIpc) is 2.97. The van der Waals surface area contributed by atoms with Crippen molar-refractivity contribution in [2.75, 3.05) is 6.54 Å². The third kappa shape index (κ3) is 4.58. The summed E-state index contributed by atoms with van der Waals surface area (Å²) in [6.07, 6.45) is 3.79. The Morgan fingerprint density at radius 1 is 1.46 bits per heavy atom. The molecule has 0 aromatic carbocycles. The fourth-order valence-corrected chi connectivity index (χ4v) is 4.96. The van der Waals surface area contributed by atoms with Crippen LogP contribution in [0.4, 0.5) is 0 Å². The van der Waals surface area contributed by atoms with Gasteiger partial charge in [0.1, 0.15) is 10.7 Å². The number of aromatic nitrogens is 2. The molecule has 2 unspecified atom stereocenters. The molecule has 2 aromatic heterocycles. The zero-order valence-electron chi connectivity index (χ0n) is 17.1. The van der Waals surface area contributed by atoms with E-state index in [2.05, 4.69) is 22.2 Å². The van der Waals surface area contributed by atoms with Crippen LogP contribution >= 0.6 is 23.7 Å². The minimum absolute atomic E-state index is 0. The summed E-state index contributed by atoms with van der Waals surface area (Å²) in [6, 6.07) is 0. The summed E-state index contributed by atoms with van der Waals surface area (Å²) < 4.78 is 0. The number of hydrogen-bond acceptors (Lipinski definition) is 5. The Balaban J connectivity index is 0.00000280. The third-order valence-electron chi connectivity index (χ3n) is 5.93. The Hall–Kier alpha value is -1.44. The molecule has 0 aliphatic heterocycles. The molecule has 0 bridgehead atoms. The summed E-state index contributed by atoms with van der Waals surface area (Å²) in [5.74, 6) is 1.40. The number of carbonyl (C=O) groups excluding carboxylic acids is 1. The van der Waals surface area contributed by atoms with Gasteiger partial charge in [-0.15, -0.1) is 23.7 Å². The van der Waals surface area contributed by atoms with Crippen molar-refractivity contribution in [3.05, 3.63) is 26.6 Å². The van der Waals surface area contributed by atoms with Gasteiger partial charge in [0.25, 0.3) is 5.56 Å². The second-order valence-electron chi connectivity index (χ2n) is 8.37. The van der Waals surface area contributed by atoms with E-state index in [-0.39, 0.29) is 36.2 Å². The van der Waals surface area contributed by atoms with Gasteiger partial charge in [-0.25, -0.2) is 4.98 Å². The number of hydrogen-bond donors (Lipinski definition) is 3. The van der Waals surface area contributed by atoms with Crippen LogP contribution in [-0.2, 0) is 24.1 Å². The zero-order valence-corrected chi connectivity index (χ0v) is 18.7. The van der Waals surface area contributed by atoms with E-state index < -0.39 is 5.54 Å². The molecule has 0 fully saturated rings. The fourth-order valence-electron chi connectivity index (χ4n) is 3.56. The van der Waals surface area contributed by atoms with Crippen LogP contribution in [0.3, 0.4) is 0 Å². The van der Waals surface area contributed by atoms with E-state index in [0.717, 1.165) is 29.5 Å². The molecule has 2 aromatic rings. The first-order chi connectivity index (χ1) is 12.7. The highest BCUT2D eigenvalue weighted by molar-refractivity contribution is 7.18. The predicted octanol–water partition coefficient (Wildman–Crippen LogP) is 2.95. The van der Waals surface area contributed by atoms with Crippen LogP contribution in [0.1, 0.15) is 56.8 Å². The lowest BCUT2D eigenvalue weighted by Gasteiger charge is -2.33. The van der Waals surface area contributed by atoms with Crippen molar-refractivity contribution in [1.29, 1.82) is 0 Å². The molecular formula is C20H31ClN4O2S. The largest absolute Gasteiger partial charge is 0.349 e. The molecule has 0 spiro atoms. The Bertz CT molecular complexity index is 907. The van der Waals surface area contributed by atoms with Crippen LogP contribution in [-0.4, -0.2) is 28.0 Å². The van der Waals surface area contributed by atoms with Crippen molar-refractivity contribution in [3.8, 4) is 0 Å². The van der Waals surface area contributed by atoms with Gasteiger partial charge in [-0.3, -0.25) is 9.59 Å². The van der Waals surface area contributed by atoms with Crippen LogP contribution in [0, 0.1) is 11.8 Å². The number of carbonyl (C=O) groups is 1. The molecule has 1 aliphatic rings. The number of nitrogens with one attached hydrogen (secondary N) is 2. The number of halogens is 1. The maximum atomic E-state index is 12.6. The first-order valence-electron chi connectivity index (χ1n) is 9.78. The lowest BCUT2D eigenvalue weighted by Crippen LogP contribution is -2.55. The summed E-state index contributed by atoms with van der Waals surface area (Å²) in [6.45, 7) is 8.68. The number of aromatic amines is 1. The number of nitrogens with two attached hydrogens (primary N) is 1. The molecule has 2 heterocycles. The number of thiophene rings is 1. The van der Waals surface area contributed by atoms with Crippen molar-refractivity contribution in [3.63, 3.8) is 0 Å². The number of fused-ring (bicyclic) bond motifs is 3. The highest BCUT2D eigenvalue weighted by atomic mass is 35.5. The molecule has 1 amide bonds. The van der Waals surface area contributed by atoms with Crippen LogP contribution in [0.2, 0.25) is 0 Å². The number of amides is 1. The molecule has 0 saturated carbocycles. The van der Waals surface area contributed by atoms with Gasteiger partial charge in [-0.2, -0.15) is 0 Å². The van der Waals surface area contributed by atoms with Crippen molar-refractivity contribution in [2.45, 2.75) is 65.3 Å². The lowest BCUT2D eigenvalue weighted by molar-refractivity contribution is -0.123. The van der Waals surface area contributed by atoms with Gasteiger partial charge in [-0.1, -0.05) is 20.8 Å². The number of rotatable bonds is 6. The number of H-pyrrole nitrogens is 1. The Labute approximate surface area is 176 Å². The molecule has 0 saturated heterocycles. The smallest absolute Gasteiger partial charge is 0.259 e. The van der Waals surface area contributed by atoms with Crippen LogP contribution < -0.4 is 16.6 Å². The lowest BCUT2D eigenvalue weighted by atomic mass is 9.88. The summed E-state index contributed by atoms with van der Waals surface area (Å²) in [5.41, 5.74) is 6.51. The molecule has 4 N–H and O–H groups in total. The summed E-state index contributed by atoms with van der Waals surface area (Å²) in [5, 5.41) is 3.78. The highest BCUT2D eigenvalue weighted by Gasteiger charge is 2.28. The van der Waals surface area contributed by atoms with Crippen LogP contribution in [0.5, 0.6) is 0 Å². The second-order valence-corrected chi connectivity index (χ2v) is 9.45. The standard InChI is InChI=1S/C20H30N4O2S.ClH/c1-11(2)20(4,10-21)24-16(25)8-7-15-22-18(26)17-13-6-5-12(3)9-14(13)27-19(17)23-15;/h11-12H,5-10,21H2,1-4H3,(H,24,25)(H,22,23,26);1H. The van der Waals surface area contributed by atoms with Gasteiger partial charge in [0.2, 0.25) is 5.91 Å². The first kappa shape index (κ1) is 22.8. The van der Waals surface area contributed by atoms with Gasteiger partial charge in [0, 0.05) is 24.3 Å². The Morgan fingerprint density at radius 3 is 2.82 bits per heavy atom. The zero-order chi connectivity index (χ0) is 19.8. The average molecular weight is 427 g/mol. The van der Waals surface area contributed by atoms with Crippen molar-refractivity contribution in [1.82, 2.24) is 15.3 Å².